The van der Waals surface area contributed by atoms with Crippen LogP contribution in [0.4, 0.5) is 0 Å². The lowest BCUT2D eigenvalue weighted by Crippen LogP contribution is -2.37. The van der Waals surface area contributed by atoms with Crippen molar-refractivity contribution in [2.24, 2.45) is 0 Å². The number of benzene rings is 2. The van der Waals surface area contributed by atoms with E-state index in [0.29, 0.717) is 5.56 Å². The SMILES string of the molecule is O=C(NC1CCC=C(c2ccccc2)CC(Cl)C1)c1ccccc1. The molecule has 0 fully saturated rings. The molecule has 3 heteroatoms. The fourth-order valence-electron chi connectivity index (χ4n) is 3.17. The van der Waals surface area contributed by atoms with Gasteiger partial charge in [0.2, 0.25) is 0 Å². The van der Waals surface area contributed by atoms with Crippen molar-refractivity contribution in [3.8, 4) is 0 Å². The van der Waals surface area contributed by atoms with Crippen LogP contribution in [0.2, 0.25) is 0 Å². The molecule has 2 unspecified atom stereocenters. The molecule has 2 atom stereocenters. The predicted octanol–water partition coefficient (Wildman–Crippen LogP) is 5.05. The maximum atomic E-state index is 12.3. The summed E-state index contributed by atoms with van der Waals surface area (Å²) < 4.78 is 0. The van der Waals surface area contributed by atoms with Gasteiger partial charge in [-0.15, -0.1) is 11.6 Å². The van der Waals surface area contributed by atoms with E-state index in [0.717, 1.165) is 25.7 Å². The van der Waals surface area contributed by atoms with Crippen molar-refractivity contribution in [1.29, 1.82) is 0 Å². The summed E-state index contributed by atoms with van der Waals surface area (Å²) in [5.74, 6) is -0.0164. The molecule has 0 bridgehead atoms. The van der Waals surface area contributed by atoms with Crippen LogP contribution in [-0.2, 0) is 0 Å². The van der Waals surface area contributed by atoms with Crippen molar-refractivity contribution in [1.82, 2.24) is 5.32 Å². The summed E-state index contributed by atoms with van der Waals surface area (Å²) >= 11 is 6.57. The second-order valence-corrected chi connectivity index (χ2v) is 6.86. The first kappa shape index (κ1) is 16.8. The third-order valence-electron chi connectivity index (χ3n) is 4.40. The molecule has 1 aliphatic rings. The van der Waals surface area contributed by atoms with Crippen molar-refractivity contribution in [2.45, 2.75) is 37.1 Å². The lowest BCUT2D eigenvalue weighted by atomic mass is 9.92. The predicted molar refractivity (Wildman–Crippen MR) is 100 cm³/mol. The molecule has 1 amide bonds. The number of nitrogens with one attached hydrogen (secondary N) is 1. The number of hydrogen-bond acceptors (Lipinski definition) is 1. The van der Waals surface area contributed by atoms with Gasteiger partial charge >= 0.3 is 0 Å². The van der Waals surface area contributed by atoms with E-state index in [-0.39, 0.29) is 17.3 Å². The van der Waals surface area contributed by atoms with Crippen LogP contribution in [0.1, 0.15) is 41.6 Å². The van der Waals surface area contributed by atoms with Crippen molar-refractivity contribution in [3.63, 3.8) is 0 Å². The Morgan fingerprint density at radius 1 is 1.00 bits per heavy atom. The summed E-state index contributed by atoms with van der Waals surface area (Å²) in [4.78, 5) is 12.3. The molecule has 24 heavy (non-hydrogen) atoms. The third kappa shape index (κ3) is 4.48. The van der Waals surface area contributed by atoms with Crippen LogP contribution in [0.15, 0.2) is 66.7 Å². The Morgan fingerprint density at radius 2 is 1.67 bits per heavy atom. The highest BCUT2D eigenvalue weighted by Gasteiger charge is 2.21. The Labute approximate surface area is 148 Å². The molecule has 0 aliphatic heterocycles. The fraction of sp³-hybridized carbons (Fsp3) is 0.286. The normalized spacial score (nSPS) is 21.3. The van der Waals surface area contributed by atoms with E-state index in [1.165, 1.54) is 11.1 Å². The van der Waals surface area contributed by atoms with Gasteiger partial charge in [0.05, 0.1) is 0 Å². The summed E-state index contributed by atoms with van der Waals surface area (Å²) in [6, 6.07) is 19.9. The van der Waals surface area contributed by atoms with Crippen LogP contribution in [0.25, 0.3) is 5.57 Å². The van der Waals surface area contributed by atoms with Crippen LogP contribution < -0.4 is 5.32 Å². The van der Waals surface area contributed by atoms with Crippen molar-refractivity contribution >= 4 is 23.1 Å². The molecule has 1 N–H and O–H groups in total. The maximum absolute atomic E-state index is 12.3. The lowest BCUT2D eigenvalue weighted by molar-refractivity contribution is 0.0933. The Hall–Kier alpha value is -2.06. The van der Waals surface area contributed by atoms with Crippen LogP contribution in [-0.4, -0.2) is 17.3 Å². The number of halogens is 1. The number of allylic oxidation sites excluding steroid dienone is 2. The number of carbonyl (C=O) groups is 1. The maximum Gasteiger partial charge on any atom is 0.251 e. The van der Waals surface area contributed by atoms with Gasteiger partial charge in [-0.25, -0.2) is 0 Å². The molecule has 0 radical (unpaired) electrons. The van der Waals surface area contributed by atoms with E-state index in [2.05, 4.69) is 35.7 Å². The van der Waals surface area contributed by atoms with Gasteiger partial charge in [-0.3, -0.25) is 4.79 Å². The monoisotopic (exact) mass is 339 g/mol. The Morgan fingerprint density at radius 3 is 2.38 bits per heavy atom. The largest absolute Gasteiger partial charge is 0.349 e. The quantitative estimate of drug-likeness (QED) is 0.779. The van der Waals surface area contributed by atoms with E-state index in [1.807, 2.05) is 36.4 Å². The number of amides is 1. The standard InChI is InChI=1S/C21H22ClNO/c22-19-14-18(16-8-3-1-4-9-16)12-7-13-20(15-19)23-21(24)17-10-5-2-6-11-17/h1-6,8-12,19-20H,7,13-15H2,(H,23,24). The Balaban J connectivity index is 1.65. The van der Waals surface area contributed by atoms with E-state index in [4.69, 9.17) is 11.6 Å². The zero-order chi connectivity index (χ0) is 16.8. The van der Waals surface area contributed by atoms with Gasteiger partial charge in [0.25, 0.3) is 5.91 Å². The first-order valence-corrected chi connectivity index (χ1v) is 8.90. The molecule has 2 aromatic rings. The van der Waals surface area contributed by atoms with E-state index >= 15 is 0 Å². The summed E-state index contributed by atoms with van der Waals surface area (Å²) in [6.45, 7) is 0. The molecule has 0 saturated carbocycles. The highest BCUT2D eigenvalue weighted by atomic mass is 35.5. The fourth-order valence-corrected chi connectivity index (χ4v) is 3.55. The van der Waals surface area contributed by atoms with Gasteiger partial charge in [0.1, 0.15) is 0 Å². The number of alkyl halides is 1. The zero-order valence-corrected chi connectivity index (χ0v) is 14.4. The van der Waals surface area contributed by atoms with Gasteiger partial charge in [-0.2, -0.15) is 0 Å². The summed E-state index contributed by atoms with van der Waals surface area (Å²) in [5.41, 5.74) is 3.25. The number of hydrogen-bond donors (Lipinski definition) is 1. The van der Waals surface area contributed by atoms with Crippen LogP contribution in [0.3, 0.4) is 0 Å². The minimum absolute atomic E-state index is 0.0164. The average Bonchev–Trinajstić information content (AvgIpc) is 2.60. The molecule has 3 rings (SSSR count). The highest BCUT2D eigenvalue weighted by molar-refractivity contribution is 6.21. The van der Waals surface area contributed by atoms with E-state index in [1.54, 1.807) is 0 Å². The van der Waals surface area contributed by atoms with Crippen LogP contribution in [0, 0.1) is 0 Å². The topological polar surface area (TPSA) is 29.1 Å². The van der Waals surface area contributed by atoms with Gasteiger partial charge in [0.15, 0.2) is 0 Å². The molecule has 2 nitrogen and oxygen atoms in total. The minimum Gasteiger partial charge on any atom is -0.349 e. The molecule has 1 aliphatic carbocycles. The Bertz CT molecular complexity index is 696. The second-order valence-electron chi connectivity index (χ2n) is 6.25. The van der Waals surface area contributed by atoms with Crippen molar-refractivity contribution in [2.75, 3.05) is 0 Å². The summed E-state index contributed by atoms with van der Waals surface area (Å²) in [7, 11) is 0. The first-order valence-electron chi connectivity index (χ1n) is 8.47. The molecular formula is C21H22ClNO. The smallest absolute Gasteiger partial charge is 0.251 e. The van der Waals surface area contributed by atoms with E-state index < -0.39 is 0 Å². The van der Waals surface area contributed by atoms with Crippen LogP contribution in [0.5, 0.6) is 0 Å². The van der Waals surface area contributed by atoms with Crippen molar-refractivity contribution < 1.29 is 4.79 Å². The molecule has 0 aromatic heterocycles. The molecule has 0 saturated heterocycles. The summed E-state index contributed by atoms with van der Waals surface area (Å²) in [6.07, 6.45) is 5.77. The van der Waals surface area contributed by atoms with Crippen LogP contribution >= 0.6 is 11.6 Å². The molecule has 0 heterocycles. The van der Waals surface area contributed by atoms with Gasteiger partial charge < -0.3 is 5.32 Å². The second kappa shape index (κ2) is 8.16. The molecular weight excluding hydrogens is 318 g/mol. The van der Waals surface area contributed by atoms with Gasteiger partial charge in [-0.1, -0.05) is 54.6 Å². The molecule has 124 valence electrons. The summed E-state index contributed by atoms with van der Waals surface area (Å²) in [5, 5.41) is 3.16. The van der Waals surface area contributed by atoms with Crippen molar-refractivity contribution in [3.05, 3.63) is 77.9 Å². The van der Waals surface area contributed by atoms with Gasteiger partial charge in [0, 0.05) is 17.0 Å². The number of carbonyl (C=O) groups excluding carboxylic acids is 1. The average molecular weight is 340 g/mol. The zero-order valence-electron chi connectivity index (χ0n) is 13.6. The first-order chi connectivity index (χ1) is 11.7. The third-order valence-corrected chi connectivity index (χ3v) is 4.74. The van der Waals surface area contributed by atoms with Gasteiger partial charge in [-0.05, 0) is 49.0 Å². The lowest BCUT2D eigenvalue weighted by Gasteiger charge is -2.24. The molecule has 0 spiro atoms. The number of rotatable bonds is 3. The minimum atomic E-state index is -0.0164. The Kier molecular flexibility index (Phi) is 5.71. The highest BCUT2D eigenvalue weighted by Crippen LogP contribution is 2.28. The van der Waals surface area contributed by atoms with E-state index in [9.17, 15) is 4.79 Å². The molecule has 2 aromatic carbocycles.